The number of terminal acetylenes is 1. The Balaban J connectivity index is 2.47. The first kappa shape index (κ1) is 15.0. The van der Waals surface area contributed by atoms with Gasteiger partial charge in [-0.15, -0.1) is 6.42 Å². The van der Waals surface area contributed by atoms with Gasteiger partial charge in [-0.3, -0.25) is 10.1 Å². The van der Waals surface area contributed by atoms with Gasteiger partial charge in [-0.05, 0) is 24.2 Å². The molecule has 0 aromatic rings. The number of carbonyl (C=O) groups excluding carboxylic acids is 1. The summed E-state index contributed by atoms with van der Waals surface area (Å²) in [7, 11) is 0. The molecule has 0 saturated heterocycles. The summed E-state index contributed by atoms with van der Waals surface area (Å²) in [5, 5.41) is 6.09. The summed E-state index contributed by atoms with van der Waals surface area (Å²) >= 11 is 0. The first-order valence-corrected chi connectivity index (χ1v) is 6.88. The van der Waals surface area contributed by atoms with E-state index in [2.05, 4.69) is 37.3 Å². The average Bonchev–Trinajstić information content (AvgIpc) is 2.28. The summed E-state index contributed by atoms with van der Waals surface area (Å²) in [6.45, 7) is 7.55. The highest BCUT2D eigenvalue weighted by molar-refractivity contribution is 5.78. The fourth-order valence-electron chi connectivity index (χ4n) is 2.85. The van der Waals surface area contributed by atoms with E-state index in [0.717, 1.165) is 6.42 Å². The van der Waals surface area contributed by atoms with Crippen molar-refractivity contribution in [2.45, 2.75) is 52.5 Å². The molecule has 1 aliphatic rings. The van der Waals surface area contributed by atoms with Crippen LogP contribution >= 0.6 is 0 Å². The predicted molar refractivity (Wildman–Crippen MR) is 75.0 cm³/mol. The number of carbonyl (C=O) groups is 1. The molecule has 0 aromatic carbocycles. The van der Waals surface area contributed by atoms with Crippen LogP contribution < -0.4 is 10.6 Å². The molecule has 0 radical (unpaired) electrons. The van der Waals surface area contributed by atoms with Crippen molar-refractivity contribution in [1.29, 1.82) is 0 Å². The van der Waals surface area contributed by atoms with E-state index in [-0.39, 0.29) is 11.3 Å². The fourth-order valence-corrected chi connectivity index (χ4v) is 2.85. The minimum atomic E-state index is 0.0615. The van der Waals surface area contributed by atoms with Gasteiger partial charge in [0.15, 0.2) is 0 Å². The molecule has 0 heterocycles. The smallest absolute Gasteiger partial charge is 0.234 e. The molecule has 2 N–H and O–H groups in total. The van der Waals surface area contributed by atoms with Crippen molar-refractivity contribution in [2.24, 2.45) is 11.3 Å². The zero-order valence-corrected chi connectivity index (χ0v) is 11.9. The van der Waals surface area contributed by atoms with Crippen molar-refractivity contribution in [1.82, 2.24) is 10.6 Å². The maximum absolute atomic E-state index is 11.8. The lowest BCUT2D eigenvalue weighted by atomic mass is 9.69. The van der Waals surface area contributed by atoms with Gasteiger partial charge in [0.05, 0.1) is 13.1 Å². The van der Waals surface area contributed by atoms with Crippen LogP contribution in [-0.2, 0) is 4.79 Å². The Morgan fingerprint density at radius 2 is 2.00 bits per heavy atom. The lowest BCUT2D eigenvalue weighted by molar-refractivity contribution is -0.121. The predicted octanol–water partition coefficient (Wildman–Crippen LogP) is 1.93. The minimum absolute atomic E-state index is 0.0615. The molecule has 3 heteroatoms. The zero-order valence-electron chi connectivity index (χ0n) is 11.9. The Morgan fingerprint density at radius 1 is 1.33 bits per heavy atom. The van der Waals surface area contributed by atoms with Crippen LogP contribution in [0.5, 0.6) is 0 Å². The summed E-state index contributed by atoms with van der Waals surface area (Å²) < 4.78 is 0. The maximum atomic E-state index is 11.8. The molecule has 0 aromatic heterocycles. The molecule has 0 spiro atoms. The number of hydrogen-bond acceptors (Lipinski definition) is 2. The van der Waals surface area contributed by atoms with Crippen LogP contribution in [0.25, 0.3) is 0 Å². The SMILES string of the molecule is C#CCNCC(=O)NC1CCCCC1C(C)(C)C. The summed E-state index contributed by atoms with van der Waals surface area (Å²) in [6.07, 6.45) is 9.95. The van der Waals surface area contributed by atoms with Gasteiger partial charge in [0, 0.05) is 6.04 Å². The van der Waals surface area contributed by atoms with Gasteiger partial charge in [0.2, 0.25) is 5.91 Å². The third-order valence-electron chi connectivity index (χ3n) is 3.74. The summed E-state index contributed by atoms with van der Waals surface area (Å²) in [5.41, 5.74) is 0.255. The van der Waals surface area contributed by atoms with Crippen LogP contribution in [0.3, 0.4) is 0 Å². The van der Waals surface area contributed by atoms with E-state index in [0.29, 0.717) is 25.0 Å². The Morgan fingerprint density at radius 3 is 2.61 bits per heavy atom. The average molecular weight is 250 g/mol. The first-order chi connectivity index (χ1) is 8.45. The third kappa shape index (κ3) is 4.70. The zero-order chi connectivity index (χ0) is 13.6. The molecule has 3 nitrogen and oxygen atoms in total. The summed E-state index contributed by atoms with van der Waals surface area (Å²) in [5.74, 6) is 3.10. The van der Waals surface area contributed by atoms with Crippen LogP contribution in [0.15, 0.2) is 0 Å². The van der Waals surface area contributed by atoms with E-state index in [1.807, 2.05) is 0 Å². The molecule has 2 atom stereocenters. The molecule has 102 valence electrons. The topological polar surface area (TPSA) is 41.1 Å². The van der Waals surface area contributed by atoms with Gasteiger partial charge < -0.3 is 5.32 Å². The first-order valence-electron chi connectivity index (χ1n) is 6.88. The Labute approximate surface area is 111 Å². The number of nitrogens with one attached hydrogen (secondary N) is 2. The van der Waals surface area contributed by atoms with E-state index in [9.17, 15) is 4.79 Å². The minimum Gasteiger partial charge on any atom is -0.352 e. The van der Waals surface area contributed by atoms with E-state index in [1.165, 1.54) is 19.3 Å². The van der Waals surface area contributed by atoms with Crippen molar-refractivity contribution in [2.75, 3.05) is 13.1 Å². The molecule has 1 aliphatic carbocycles. The van der Waals surface area contributed by atoms with Crippen LogP contribution in [0.1, 0.15) is 46.5 Å². The van der Waals surface area contributed by atoms with Gasteiger partial charge in [-0.2, -0.15) is 0 Å². The molecular weight excluding hydrogens is 224 g/mol. The largest absolute Gasteiger partial charge is 0.352 e. The standard InChI is InChI=1S/C15H26N2O/c1-5-10-16-11-14(18)17-13-9-7-6-8-12(13)15(2,3)4/h1,12-13,16H,6-11H2,2-4H3,(H,17,18). The molecular formula is C15H26N2O. The van der Waals surface area contributed by atoms with Gasteiger partial charge in [-0.1, -0.05) is 39.5 Å². The second kappa shape index (κ2) is 6.80. The Kier molecular flexibility index (Phi) is 5.68. The summed E-state index contributed by atoms with van der Waals surface area (Å²) in [6, 6.07) is 0.318. The van der Waals surface area contributed by atoms with Gasteiger partial charge in [0.25, 0.3) is 0 Å². The molecule has 18 heavy (non-hydrogen) atoms. The molecule has 0 aliphatic heterocycles. The van der Waals surface area contributed by atoms with Crippen molar-refractivity contribution in [3.05, 3.63) is 0 Å². The normalized spacial score (nSPS) is 24.3. The van der Waals surface area contributed by atoms with Gasteiger partial charge in [-0.25, -0.2) is 0 Å². The van der Waals surface area contributed by atoms with E-state index in [1.54, 1.807) is 0 Å². The second-order valence-corrected chi connectivity index (χ2v) is 6.24. The number of amides is 1. The van der Waals surface area contributed by atoms with E-state index < -0.39 is 0 Å². The highest BCUT2D eigenvalue weighted by Crippen LogP contribution is 2.37. The number of rotatable bonds is 4. The van der Waals surface area contributed by atoms with Crippen molar-refractivity contribution >= 4 is 5.91 Å². The van der Waals surface area contributed by atoms with Crippen LogP contribution in [-0.4, -0.2) is 25.0 Å². The maximum Gasteiger partial charge on any atom is 0.234 e. The van der Waals surface area contributed by atoms with Gasteiger partial charge >= 0.3 is 0 Å². The lowest BCUT2D eigenvalue weighted by Crippen LogP contribution is -2.48. The van der Waals surface area contributed by atoms with Crippen molar-refractivity contribution in [3.8, 4) is 12.3 Å². The molecule has 1 rings (SSSR count). The van der Waals surface area contributed by atoms with Crippen LogP contribution in [0, 0.1) is 23.7 Å². The van der Waals surface area contributed by atoms with E-state index >= 15 is 0 Å². The highest BCUT2D eigenvalue weighted by Gasteiger charge is 2.34. The molecule has 2 unspecified atom stereocenters. The highest BCUT2D eigenvalue weighted by atomic mass is 16.1. The number of hydrogen-bond donors (Lipinski definition) is 2. The molecule has 1 saturated carbocycles. The Hall–Kier alpha value is -1.01. The second-order valence-electron chi connectivity index (χ2n) is 6.24. The fraction of sp³-hybridized carbons (Fsp3) is 0.800. The van der Waals surface area contributed by atoms with E-state index in [4.69, 9.17) is 6.42 Å². The monoisotopic (exact) mass is 250 g/mol. The third-order valence-corrected chi connectivity index (χ3v) is 3.74. The molecule has 1 amide bonds. The molecule has 1 fully saturated rings. The molecule has 0 bridgehead atoms. The quantitative estimate of drug-likeness (QED) is 0.591. The van der Waals surface area contributed by atoms with Crippen molar-refractivity contribution < 1.29 is 4.79 Å². The van der Waals surface area contributed by atoms with Gasteiger partial charge in [0.1, 0.15) is 0 Å². The summed E-state index contributed by atoms with van der Waals surface area (Å²) in [4.78, 5) is 11.8. The Bertz CT molecular complexity index is 311. The van der Waals surface area contributed by atoms with Crippen molar-refractivity contribution in [3.63, 3.8) is 0 Å². The lowest BCUT2D eigenvalue weighted by Gasteiger charge is -2.40. The van der Waals surface area contributed by atoms with Crippen LogP contribution in [0.2, 0.25) is 0 Å². The van der Waals surface area contributed by atoms with Crippen LogP contribution in [0.4, 0.5) is 0 Å².